The monoisotopic (exact) mass is 494 g/mol. The molecule has 0 bridgehead atoms. The highest BCUT2D eigenvalue weighted by Crippen LogP contribution is 2.48. The van der Waals surface area contributed by atoms with Gasteiger partial charge in [0.05, 0.1) is 0 Å². The van der Waals surface area contributed by atoms with Crippen molar-refractivity contribution in [2.24, 2.45) is 0 Å². The zero-order valence-electron chi connectivity index (χ0n) is 21.0. The summed E-state index contributed by atoms with van der Waals surface area (Å²) >= 11 is 0. The summed E-state index contributed by atoms with van der Waals surface area (Å²) in [4.78, 5) is 11.3. The molecule has 3 saturated heterocycles. The number of carbonyl (C=O) groups is 1. The summed E-state index contributed by atoms with van der Waals surface area (Å²) in [7, 11) is -2.89. The van der Waals surface area contributed by atoms with Gasteiger partial charge in [-0.25, -0.2) is 0 Å². The fourth-order valence-electron chi connectivity index (χ4n) is 5.60. The smallest absolute Gasteiger partial charge is 0.262 e. The maximum absolute atomic E-state index is 11.3. The van der Waals surface area contributed by atoms with Gasteiger partial charge in [0, 0.05) is 6.42 Å². The fourth-order valence-corrected chi connectivity index (χ4v) is 10.2. The van der Waals surface area contributed by atoms with Crippen molar-refractivity contribution >= 4 is 25.0 Å². The SMILES string of the molecule is CC1(C)O[C@H]2O[C@H]3[C@H](O/C(=C\CC=O)[C@H]3O[Si](c3ccccc3)(c3ccccc3)C(C)(C)C)[C@H]2O1. The van der Waals surface area contributed by atoms with Gasteiger partial charge in [0.1, 0.15) is 24.3 Å². The molecule has 3 aliphatic heterocycles. The quantitative estimate of drug-likeness (QED) is 0.451. The number of ether oxygens (including phenoxy) is 4. The molecule has 3 fully saturated rings. The lowest BCUT2D eigenvalue weighted by Gasteiger charge is -2.45. The van der Waals surface area contributed by atoms with Crippen LogP contribution in [0, 0.1) is 0 Å². The second-order valence-corrected chi connectivity index (χ2v) is 15.1. The maximum Gasteiger partial charge on any atom is 0.262 e. The normalized spacial score (nSPS) is 30.7. The third kappa shape index (κ3) is 4.19. The number of allylic oxidation sites excluding steroid dienone is 1. The van der Waals surface area contributed by atoms with Crippen LogP contribution in [0.25, 0.3) is 0 Å². The average molecular weight is 495 g/mol. The Morgan fingerprint density at radius 3 is 2.06 bits per heavy atom. The van der Waals surface area contributed by atoms with E-state index >= 15 is 0 Å². The molecule has 6 nitrogen and oxygen atoms in total. The molecular formula is C28H34O6Si. The number of carbonyl (C=O) groups excluding carboxylic acids is 1. The molecule has 186 valence electrons. The highest BCUT2D eigenvalue weighted by Gasteiger charge is 2.64. The second-order valence-electron chi connectivity index (χ2n) is 10.9. The molecule has 0 aromatic heterocycles. The van der Waals surface area contributed by atoms with E-state index in [1.54, 1.807) is 0 Å². The van der Waals surface area contributed by atoms with Gasteiger partial charge in [-0.2, -0.15) is 0 Å². The van der Waals surface area contributed by atoms with E-state index < -0.39 is 32.6 Å². The molecule has 0 saturated carbocycles. The zero-order chi connectivity index (χ0) is 24.8. The lowest BCUT2D eigenvalue weighted by atomic mass is 10.1. The molecule has 5 rings (SSSR count). The summed E-state index contributed by atoms with van der Waals surface area (Å²) in [5.74, 6) is -0.111. The van der Waals surface area contributed by atoms with Crippen LogP contribution in [0.2, 0.25) is 5.04 Å². The van der Waals surface area contributed by atoms with Crippen molar-refractivity contribution in [3.63, 3.8) is 0 Å². The molecule has 5 atom stereocenters. The van der Waals surface area contributed by atoms with E-state index in [0.717, 1.165) is 6.29 Å². The molecule has 0 spiro atoms. The minimum absolute atomic E-state index is 0.215. The number of fused-ring (bicyclic) bond motifs is 3. The van der Waals surface area contributed by atoms with Crippen molar-refractivity contribution in [2.45, 2.75) is 82.6 Å². The number of aldehydes is 1. The first-order valence-corrected chi connectivity index (χ1v) is 14.2. The minimum atomic E-state index is -2.89. The number of hydrogen-bond donors (Lipinski definition) is 0. The summed E-state index contributed by atoms with van der Waals surface area (Å²) in [6.45, 7) is 10.5. The number of hydrogen-bond acceptors (Lipinski definition) is 6. The van der Waals surface area contributed by atoms with Gasteiger partial charge < -0.3 is 28.2 Å². The number of rotatable bonds is 6. The Morgan fingerprint density at radius 2 is 1.51 bits per heavy atom. The van der Waals surface area contributed by atoms with Crippen molar-refractivity contribution in [1.29, 1.82) is 0 Å². The third-order valence-corrected chi connectivity index (χ3v) is 12.0. The van der Waals surface area contributed by atoms with Gasteiger partial charge >= 0.3 is 0 Å². The van der Waals surface area contributed by atoms with Crippen LogP contribution in [-0.2, 0) is 28.2 Å². The van der Waals surface area contributed by atoms with Crippen LogP contribution in [0.15, 0.2) is 72.5 Å². The molecule has 2 aromatic carbocycles. The van der Waals surface area contributed by atoms with Crippen LogP contribution >= 0.6 is 0 Å². The highest BCUT2D eigenvalue weighted by molar-refractivity contribution is 6.99. The Balaban J connectivity index is 1.61. The second kappa shape index (κ2) is 8.98. The van der Waals surface area contributed by atoms with Crippen LogP contribution in [0.5, 0.6) is 0 Å². The number of benzene rings is 2. The van der Waals surface area contributed by atoms with Crippen LogP contribution in [-0.4, -0.2) is 51.1 Å². The molecular weight excluding hydrogens is 460 g/mol. The van der Waals surface area contributed by atoms with Crippen molar-refractivity contribution < 1.29 is 28.2 Å². The molecule has 35 heavy (non-hydrogen) atoms. The minimum Gasteiger partial charge on any atom is -0.486 e. The van der Waals surface area contributed by atoms with E-state index in [2.05, 4.69) is 69.3 Å². The Morgan fingerprint density at radius 1 is 0.914 bits per heavy atom. The summed E-state index contributed by atoms with van der Waals surface area (Å²) < 4.78 is 32.3. The molecule has 3 heterocycles. The highest BCUT2D eigenvalue weighted by atomic mass is 28.4. The Hall–Kier alpha value is -2.29. The molecule has 0 amide bonds. The molecule has 0 radical (unpaired) electrons. The average Bonchev–Trinajstić information content (AvgIpc) is 3.42. The van der Waals surface area contributed by atoms with E-state index in [0.29, 0.717) is 5.76 Å². The maximum atomic E-state index is 11.3. The summed E-state index contributed by atoms with van der Waals surface area (Å²) in [6, 6.07) is 20.9. The Labute approximate surface area is 208 Å². The first kappa shape index (κ1) is 24.4. The van der Waals surface area contributed by atoms with Crippen LogP contribution < -0.4 is 10.4 Å². The fraction of sp³-hybridized carbons (Fsp3) is 0.464. The lowest BCUT2D eigenvalue weighted by molar-refractivity contribution is -0.214. The predicted octanol–water partition coefficient (Wildman–Crippen LogP) is 3.68. The van der Waals surface area contributed by atoms with Gasteiger partial charge in [-0.3, -0.25) is 0 Å². The molecule has 0 unspecified atom stereocenters. The molecule has 3 aliphatic rings. The van der Waals surface area contributed by atoms with E-state index in [9.17, 15) is 4.79 Å². The van der Waals surface area contributed by atoms with Crippen LogP contribution in [0.4, 0.5) is 0 Å². The van der Waals surface area contributed by atoms with Gasteiger partial charge in [-0.1, -0.05) is 81.4 Å². The van der Waals surface area contributed by atoms with E-state index in [-0.39, 0.29) is 23.7 Å². The molecule has 0 aliphatic carbocycles. The molecule has 0 N–H and O–H groups in total. The largest absolute Gasteiger partial charge is 0.486 e. The summed E-state index contributed by atoms with van der Waals surface area (Å²) in [5, 5.41) is 2.12. The first-order chi connectivity index (χ1) is 16.7. The van der Waals surface area contributed by atoms with E-state index in [1.165, 1.54) is 10.4 Å². The predicted molar refractivity (Wildman–Crippen MR) is 135 cm³/mol. The lowest BCUT2D eigenvalue weighted by Crippen LogP contribution is -2.68. The van der Waals surface area contributed by atoms with E-state index in [1.807, 2.05) is 32.1 Å². The van der Waals surface area contributed by atoms with Gasteiger partial charge in [-0.15, -0.1) is 0 Å². The topological polar surface area (TPSA) is 63.2 Å². The van der Waals surface area contributed by atoms with Gasteiger partial charge in [-0.05, 0) is 35.3 Å². The molecule has 2 aromatic rings. The third-order valence-electron chi connectivity index (χ3n) is 7.01. The summed E-state index contributed by atoms with van der Waals surface area (Å²) in [6.07, 6.45) is 0.780. The van der Waals surface area contributed by atoms with Gasteiger partial charge in [0.15, 0.2) is 24.3 Å². The standard InChI is InChI=1S/C28H34O6Si/c1-27(2,3)35(19-13-8-6-9-14-19,20-15-10-7-11-16-20)34-22-21(17-12-18-29)30-24-23(22)31-26-25(24)32-28(4,5)33-26/h6-11,13-18,22-26H,12H2,1-5H3/b21-17-/t22-,23-,24+,25-,26-/m1/s1. The van der Waals surface area contributed by atoms with Gasteiger partial charge in [0.25, 0.3) is 8.32 Å². The van der Waals surface area contributed by atoms with E-state index in [4.69, 9.17) is 23.4 Å². The first-order valence-electron chi connectivity index (χ1n) is 12.3. The van der Waals surface area contributed by atoms with Crippen molar-refractivity contribution in [3.8, 4) is 0 Å². The van der Waals surface area contributed by atoms with Crippen molar-refractivity contribution in [2.75, 3.05) is 0 Å². The molecule has 7 heteroatoms. The van der Waals surface area contributed by atoms with Crippen molar-refractivity contribution in [3.05, 3.63) is 72.5 Å². The summed E-state index contributed by atoms with van der Waals surface area (Å²) in [5.41, 5.74) is 0. The van der Waals surface area contributed by atoms with Crippen LogP contribution in [0.1, 0.15) is 41.0 Å². The van der Waals surface area contributed by atoms with Gasteiger partial charge in [0.2, 0.25) is 0 Å². The Kier molecular flexibility index (Phi) is 6.26. The zero-order valence-corrected chi connectivity index (χ0v) is 22.0. The van der Waals surface area contributed by atoms with Crippen molar-refractivity contribution in [1.82, 2.24) is 0 Å². The van der Waals surface area contributed by atoms with Crippen LogP contribution in [0.3, 0.4) is 0 Å². The Bertz CT molecular complexity index is 1040.